The quantitative estimate of drug-likeness (QED) is 0.781. The van der Waals surface area contributed by atoms with Crippen LogP contribution in [0.2, 0.25) is 0 Å². The Balaban J connectivity index is 1.95. The summed E-state index contributed by atoms with van der Waals surface area (Å²) in [6.07, 6.45) is 0. The molecule has 1 aromatic carbocycles. The number of benzene rings is 1. The SMILES string of the molecule is Cc1cc(NC(=S)Nc2ccccc2)no1. The predicted octanol–water partition coefficient (Wildman–Crippen LogP) is 2.79. The number of anilines is 2. The Morgan fingerprint density at radius 2 is 2.00 bits per heavy atom. The van der Waals surface area contributed by atoms with Crippen LogP contribution in [0, 0.1) is 6.92 Å². The minimum Gasteiger partial charge on any atom is -0.360 e. The highest BCUT2D eigenvalue weighted by atomic mass is 32.1. The maximum absolute atomic E-state index is 5.12. The van der Waals surface area contributed by atoms with Crippen LogP contribution in [0.15, 0.2) is 40.9 Å². The van der Waals surface area contributed by atoms with E-state index in [1.165, 1.54) is 0 Å². The fraction of sp³-hybridized carbons (Fsp3) is 0.0909. The third-order valence-corrected chi connectivity index (χ3v) is 2.11. The average molecular weight is 233 g/mol. The zero-order chi connectivity index (χ0) is 11.4. The molecule has 0 aliphatic rings. The van der Waals surface area contributed by atoms with Gasteiger partial charge in [0.2, 0.25) is 0 Å². The van der Waals surface area contributed by atoms with Crippen LogP contribution < -0.4 is 10.6 Å². The summed E-state index contributed by atoms with van der Waals surface area (Å²) in [7, 11) is 0. The normalized spacial score (nSPS) is 9.81. The van der Waals surface area contributed by atoms with Crippen LogP contribution in [0.4, 0.5) is 11.5 Å². The van der Waals surface area contributed by atoms with Crippen LogP contribution >= 0.6 is 12.2 Å². The summed E-state index contributed by atoms with van der Waals surface area (Å²) in [5.41, 5.74) is 0.931. The Bertz CT molecular complexity index is 481. The number of rotatable bonds is 2. The van der Waals surface area contributed by atoms with Gasteiger partial charge in [-0.25, -0.2) is 0 Å². The summed E-state index contributed by atoms with van der Waals surface area (Å²) in [6, 6.07) is 11.5. The Hall–Kier alpha value is -1.88. The summed E-state index contributed by atoms with van der Waals surface area (Å²) >= 11 is 5.12. The molecule has 1 aromatic heterocycles. The third kappa shape index (κ3) is 2.80. The first-order chi connectivity index (χ1) is 7.74. The van der Waals surface area contributed by atoms with Crippen molar-refractivity contribution in [2.24, 2.45) is 0 Å². The monoisotopic (exact) mass is 233 g/mol. The largest absolute Gasteiger partial charge is 0.360 e. The Kier molecular flexibility index (Phi) is 3.16. The van der Waals surface area contributed by atoms with Crippen LogP contribution in [0.5, 0.6) is 0 Å². The molecule has 0 unspecified atom stereocenters. The molecular formula is C11H11N3OS. The molecule has 16 heavy (non-hydrogen) atoms. The van der Waals surface area contributed by atoms with E-state index in [-0.39, 0.29) is 0 Å². The van der Waals surface area contributed by atoms with E-state index in [4.69, 9.17) is 16.7 Å². The fourth-order valence-electron chi connectivity index (χ4n) is 1.23. The first kappa shape index (κ1) is 10.6. The summed E-state index contributed by atoms with van der Waals surface area (Å²) in [6.45, 7) is 1.83. The number of hydrogen-bond acceptors (Lipinski definition) is 3. The lowest BCUT2D eigenvalue weighted by Gasteiger charge is -2.07. The molecule has 5 heteroatoms. The lowest BCUT2D eigenvalue weighted by molar-refractivity contribution is 0.400. The molecule has 0 saturated carbocycles. The summed E-state index contributed by atoms with van der Waals surface area (Å²) in [5, 5.41) is 10.2. The summed E-state index contributed by atoms with van der Waals surface area (Å²) < 4.78 is 4.92. The van der Waals surface area contributed by atoms with Gasteiger partial charge in [0, 0.05) is 11.8 Å². The molecule has 0 aliphatic carbocycles. The zero-order valence-corrected chi connectivity index (χ0v) is 9.54. The second-order valence-corrected chi connectivity index (χ2v) is 3.68. The molecule has 0 saturated heterocycles. The second kappa shape index (κ2) is 4.76. The highest BCUT2D eigenvalue weighted by Crippen LogP contribution is 2.09. The number of nitrogens with zero attached hydrogens (tertiary/aromatic N) is 1. The number of aromatic nitrogens is 1. The molecule has 0 radical (unpaired) electrons. The van der Waals surface area contributed by atoms with Crippen molar-refractivity contribution < 1.29 is 4.52 Å². The highest BCUT2D eigenvalue weighted by molar-refractivity contribution is 7.80. The minimum atomic E-state index is 0.486. The molecule has 2 N–H and O–H groups in total. The smallest absolute Gasteiger partial charge is 0.176 e. The van der Waals surface area contributed by atoms with Gasteiger partial charge in [-0.1, -0.05) is 23.4 Å². The molecule has 0 atom stereocenters. The molecule has 1 heterocycles. The first-order valence-electron chi connectivity index (χ1n) is 4.80. The van der Waals surface area contributed by atoms with Crippen LogP contribution in [-0.4, -0.2) is 10.3 Å². The molecule has 2 aromatic rings. The standard InChI is InChI=1S/C11H11N3OS/c1-8-7-10(14-15-8)13-11(16)12-9-5-3-2-4-6-9/h2-7H,1H3,(H2,12,13,14,16). The zero-order valence-electron chi connectivity index (χ0n) is 8.73. The van der Waals surface area contributed by atoms with Crippen molar-refractivity contribution >= 4 is 28.8 Å². The Morgan fingerprint density at radius 1 is 1.25 bits per heavy atom. The summed E-state index contributed by atoms with van der Waals surface area (Å²) in [4.78, 5) is 0. The van der Waals surface area contributed by atoms with E-state index in [9.17, 15) is 0 Å². The second-order valence-electron chi connectivity index (χ2n) is 3.27. The number of thiocarbonyl (C=S) groups is 1. The molecular weight excluding hydrogens is 222 g/mol. The van der Waals surface area contributed by atoms with Gasteiger partial charge in [0.1, 0.15) is 5.76 Å². The lowest BCUT2D eigenvalue weighted by atomic mass is 10.3. The van der Waals surface area contributed by atoms with Gasteiger partial charge < -0.3 is 15.2 Å². The summed E-state index contributed by atoms with van der Waals surface area (Å²) in [5.74, 6) is 1.34. The van der Waals surface area contributed by atoms with Gasteiger partial charge in [-0.2, -0.15) is 0 Å². The third-order valence-electron chi connectivity index (χ3n) is 1.90. The van der Waals surface area contributed by atoms with Crippen LogP contribution in [0.25, 0.3) is 0 Å². The van der Waals surface area contributed by atoms with E-state index in [1.54, 1.807) is 6.07 Å². The lowest BCUT2D eigenvalue weighted by Crippen LogP contribution is -2.19. The van der Waals surface area contributed by atoms with Gasteiger partial charge in [-0.3, -0.25) is 0 Å². The van der Waals surface area contributed by atoms with E-state index < -0.39 is 0 Å². The fourth-order valence-corrected chi connectivity index (χ4v) is 1.45. The maximum Gasteiger partial charge on any atom is 0.176 e. The van der Waals surface area contributed by atoms with Crippen LogP contribution in [0.3, 0.4) is 0 Å². The van der Waals surface area contributed by atoms with Gasteiger partial charge in [0.25, 0.3) is 0 Å². The Labute approximate surface area is 98.6 Å². The van der Waals surface area contributed by atoms with E-state index in [1.807, 2.05) is 37.3 Å². The number of para-hydroxylation sites is 1. The molecule has 0 fully saturated rings. The van der Waals surface area contributed by atoms with Gasteiger partial charge in [0.05, 0.1) is 0 Å². The van der Waals surface area contributed by atoms with Crippen LogP contribution in [-0.2, 0) is 0 Å². The van der Waals surface area contributed by atoms with Crippen molar-refractivity contribution in [2.75, 3.05) is 10.6 Å². The molecule has 4 nitrogen and oxygen atoms in total. The maximum atomic E-state index is 5.12. The number of nitrogens with one attached hydrogen (secondary N) is 2. The van der Waals surface area contributed by atoms with Crippen molar-refractivity contribution in [3.05, 3.63) is 42.2 Å². The predicted molar refractivity (Wildman–Crippen MR) is 67.5 cm³/mol. The van der Waals surface area contributed by atoms with Gasteiger partial charge in [-0.05, 0) is 31.3 Å². The van der Waals surface area contributed by atoms with Crippen molar-refractivity contribution in [3.8, 4) is 0 Å². The molecule has 2 rings (SSSR count). The van der Waals surface area contributed by atoms with E-state index in [0.717, 1.165) is 11.4 Å². The van der Waals surface area contributed by atoms with Crippen molar-refractivity contribution in [1.82, 2.24) is 5.16 Å². The highest BCUT2D eigenvalue weighted by Gasteiger charge is 2.02. The molecule has 0 amide bonds. The number of hydrogen-bond donors (Lipinski definition) is 2. The van der Waals surface area contributed by atoms with E-state index in [2.05, 4.69) is 15.8 Å². The van der Waals surface area contributed by atoms with Gasteiger partial charge in [0.15, 0.2) is 10.9 Å². The Morgan fingerprint density at radius 3 is 2.62 bits per heavy atom. The van der Waals surface area contributed by atoms with Gasteiger partial charge in [-0.15, -0.1) is 0 Å². The van der Waals surface area contributed by atoms with Crippen molar-refractivity contribution in [3.63, 3.8) is 0 Å². The van der Waals surface area contributed by atoms with E-state index >= 15 is 0 Å². The van der Waals surface area contributed by atoms with Crippen molar-refractivity contribution in [1.29, 1.82) is 0 Å². The molecule has 0 bridgehead atoms. The van der Waals surface area contributed by atoms with Crippen molar-refractivity contribution in [2.45, 2.75) is 6.92 Å². The molecule has 0 spiro atoms. The molecule has 82 valence electrons. The molecule has 0 aliphatic heterocycles. The minimum absolute atomic E-state index is 0.486. The first-order valence-corrected chi connectivity index (χ1v) is 5.21. The van der Waals surface area contributed by atoms with E-state index in [0.29, 0.717) is 10.9 Å². The topological polar surface area (TPSA) is 50.1 Å². The number of aryl methyl sites for hydroxylation is 1. The van der Waals surface area contributed by atoms with Gasteiger partial charge >= 0.3 is 0 Å². The average Bonchev–Trinajstić information content (AvgIpc) is 2.65. The van der Waals surface area contributed by atoms with Crippen LogP contribution in [0.1, 0.15) is 5.76 Å².